The summed E-state index contributed by atoms with van der Waals surface area (Å²) in [6.07, 6.45) is 2.64. The van der Waals surface area contributed by atoms with Crippen molar-refractivity contribution in [3.05, 3.63) is 71.2 Å². The number of hydrogen-bond acceptors (Lipinski definition) is 2. The van der Waals surface area contributed by atoms with Crippen molar-refractivity contribution < 1.29 is 14.0 Å². The SMILES string of the molecule is O=C(C[C@H]1NC(=O)c2ccccc21)NCCc1c[nH]c2ccc(F)cc12. The number of amides is 2. The van der Waals surface area contributed by atoms with Crippen LogP contribution in [0.15, 0.2) is 48.7 Å². The summed E-state index contributed by atoms with van der Waals surface area (Å²) in [5.74, 6) is -0.546. The maximum atomic E-state index is 13.4. The van der Waals surface area contributed by atoms with E-state index in [4.69, 9.17) is 0 Å². The Morgan fingerprint density at radius 1 is 1.19 bits per heavy atom. The second kappa shape index (κ2) is 6.63. The fourth-order valence-electron chi connectivity index (χ4n) is 3.43. The molecule has 0 aliphatic carbocycles. The van der Waals surface area contributed by atoms with Crippen molar-refractivity contribution in [2.24, 2.45) is 0 Å². The van der Waals surface area contributed by atoms with Crippen LogP contribution in [0, 0.1) is 5.82 Å². The van der Waals surface area contributed by atoms with Crippen molar-refractivity contribution in [3.8, 4) is 0 Å². The zero-order chi connectivity index (χ0) is 18.1. The van der Waals surface area contributed by atoms with Gasteiger partial charge in [0, 0.05) is 29.2 Å². The number of rotatable bonds is 5. The molecule has 0 saturated carbocycles. The fraction of sp³-hybridized carbons (Fsp3) is 0.200. The molecule has 3 aromatic rings. The van der Waals surface area contributed by atoms with Crippen LogP contribution in [0.2, 0.25) is 0 Å². The summed E-state index contributed by atoms with van der Waals surface area (Å²) in [4.78, 5) is 27.2. The van der Waals surface area contributed by atoms with Crippen molar-refractivity contribution in [2.45, 2.75) is 18.9 Å². The van der Waals surface area contributed by atoms with E-state index >= 15 is 0 Å². The lowest BCUT2D eigenvalue weighted by Crippen LogP contribution is -2.30. The van der Waals surface area contributed by atoms with E-state index in [1.165, 1.54) is 12.1 Å². The lowest BCUT2D eigenvalue weighted by Gasteiger charge is -2.12. The van der Waals surface area contributed by atoms with Crippen LogP contribution >= 0.6 is 0 Å². The lowest BCUT2D eigenvalue weighted by atomic mass is 10.0. The van der Waals surface area contributed by atoms with E-state index in [1.54, 1.807) is 12.1 Å². The van der Waals surface area contributed by atoms with Gasteiger partial charge in [0.2, 0.25) is 5.91 Å². The molecule has 2 heterocycles. The number of halogens is 1. The summed E-state index contributed by atoms with van der Waals surface area (Å²) in [7, 11) is 0. The second-order valence-electron chi connectivity index (χ2n) is 6.42. The monoisotopic (exact) mass is 351 g/mol. The Bertz CT molecular complexity index is 996. The normalized spacial score (nSPS) is 15.7. The van der Waals surface area contributed by atoms with E-state index in [1.807, 2.05) is 24.4 Å². The Kier molecular flexibility index (Phi) is 4.16. The van der Waals surface area contributed by atoms with Crippen LogP contribution in [0.1, 0.15) is 33.9 Å². The van der Waals surface area contributed by atoms with Crippen LogP contribution in [0.5, 0.6) is 0 Å². The number of carbonyl (C=O) groups is 2. The molecule has 0 saturated heterocycles. The van der Waals surface area contributed by atoms with Crippen LogP contribution < -0.4 is 10.6 Å². The van der Waals surface area contributed by atoms with E-state index in [0.29, 0.717) is 18.5 Å². The van der Waals surface area contributed by atoms with Gasteiger partial charge in [-0.2, -0.15) is 0 Å². The molecule has 0 unspecified atom stereocenters. The first-order chi connectivity index (χ1) is 12.6. The summed E-state index contributed by atoms with van der Waals surface area (Å²) < 4.78 is 13.4. The van der Waals surface area contributed by atoms with E-state index < -0.39 is 0 Å². The van der Waals surface area contributed by atoms with Crippen molar-refractivity contribution >= 4 is 22.7 Å². The summed E-state index contributed by atoms with van der Waals surface area (Å²) in [5, 5.41) is 6.54. The van der Waals surface area contributed by atoms with Gasteiger partial charge in [0.15, 0.2) is 0 Å². The molecule has 0 spiro atoms. The summed E-state index contributed by atoms with van der Waals surface area (Å²) in [5.41, 5.74) is 3.32. The summed E-state index contributed by atoms with van der Waals surface area (Å²) >= 11 is 0. The third kappa shape index (κ3) is 3.06. The van der Waals surface area contributed by atoms with Crippen molar-refractivity contribution in [1.29, 1.82) is 0 Å². The molecule has 0 fully saturated rings. The molecule has 1 aliphatic heterocycles. The molecule has 1 aliphatic rings. The third-order valence-corrected chi connectivity index (χ3v) is 4.72. The number of aromatic amines is 1. The van der Waals surface area contributed by atoms with Crippen LogP contribution in [-0.2, 0) is 11.2 Å². The van der Waals surface area contributed by atoms with E-state index in [0.717, 1.165) is 22.0 Å². The first-order valence-corrected chi connectivity index (χ1v) is 8.54. The molecule has 6 heteroatoms. The molecule has 4 rings (SSSR count). The first-order valence-electron chi connectivity index (χ1n) is 8.54. The van der Waals surface area contributed by atoms with Crippen molar-refractivity contribution in [2.75, 3.05) is 6.54 Å². The number of fused-ring (bicyclic) bond motifs is 2. The summed E-state index contributed by atoms with van der Waals surface area (Å²) in [6, 6.07) is 11.6. The number of H-pyrrole nitrogens is 1. The highest BCUT2D eigenvalue weighted by atomic mass is 19.1. The van der Waals surface area contributed by atoms with Gasteiger partial charge in [-0.1, -0.05) is 18.2 Å². The predicted octanol–water partition coefficient (Wildman–Crippen LogP) is 2.84. The van der Waals surface area contributed by atoms with Gasteiger partial charge >= 0.3 is 0 Å². The molecule has 3 N–H and O–H groups in total. The van der Waals surface area contributed by atoms with Gasteiger partial charge in [-0.25, -0.2) is 4.39 Å². The molecule has 1 aromatic heterocycles. The number of benzene rings is 2. The summed E-state index contributed by atoms with van der Waals surface area (Å²) in [6.45, 7) is 0.449. The Balaban J connectivity index is 1.35. The maximum absolute atomic E-state index is 13.4. The highest BCUT2D eigenvalue weighted by molar-refractivity contribution is 5.99. The van der Waals surface area contributed by atoms with Crippen molar-refractivity contribution in [3.63, 3.8) is 0 Å². The third-order valence-electron chi connectivity index (χ3n) is 4.72. The van der Waals surface area contributed by atoms with Gasteiger partial charge in [0.1, 0.15) is 5.82 Å². The second-order valence-corrected chi connectivity index (χ2v) is 6.42. The molecule has 0 radical (unpaired) electrons. The molecule has 132 valence electrons. The van der Waals surface area contributed by atoms with E-state index in [-0.39, 0.29) is 30.1 Å². The zero-order valence-corrected chi connectivity index (χ0v) is 14.0. The Morgan fingerprint density at radius 3 is 2.92 bits per heavy atom. The Morgan fingerprint density at radius 2 is 2.04 bits per heavy atom. The number of hydrogen-bond donors (Lipinski definition) is 3. The fourth-order valence-corrected chi connectivity index (χ4v) is 3.43. The minimum absolute atomic E-state index is 0.127. The van der Waals surface area contributed by atoms with Gasteiger partial charge in [-0.3, -0.25) is 9.59 Å². The smallest absolute Gasteiger partial charge is 0.252 e. The van der Waals surface area contributed by atoms with E-state index in [2.05, 4.69) is 15.6 Å². The average molecular weight is 351 g/mol. The zero-order valence-electron chi connectivity index (χ0n) is 14.0. The molecule has 26 heavy (non-hydrogen) atoms. The van der Waals surface area contributed by atoms with Gasteiger partial charge < -0.3 is 15.6 Å². The molecular formula is C20H18FN3O2. The molecule has 2 aromatic carbocycles. The van der Waals surface area contributed by atoms with Crippen LogP contribution in [0.25, 0.3) is 10.9 Å². The quantitative estimate of drug-likeness (QED) is 0.661. The molecule has 2 amide bonds. The largest absolute Gasteiger partial charge is 0.361 e. The Labute approximate surface area is 149 Å². The molecular weight excluding hydrogens is 333 g/mol. The van der Waals surface area contributed by atoms with Crippen LogP contribution in [-0.4, -0.2) is 23.3 Å². The Hall–Kier alpha value is -3.15. The van der Waals surface area contributed by atoms with Gasteiger partial charge in [0.25, 0.3) is 5.91 Å². The van der Waals surface area contributed by atoms with Gasteiger partial charge in [-0.15, -0.1) is 0 Å². The van der Waals surface area contributed by atoms with E-state index in [9.17, 15) is 14.0 Å². The minimum Gasteiger partial charge on any atom is -0.361 e. The topological polar surface area (TPSA) is 74.0 Å². The lowest BCUT2D eigenvalue weighted by molar-refractivity contribution is -0.121. The number of carbonyl (C=O) groups excluding carboxylic acids is 2. The van der Waals surface area contributed by atoms with Gasteiger partial charge in [0.05, 0.1) is 12.5 Å². The average Bonchev–Trinajstić information content (AvgIpc) is 3.17. The van der Waals surface area contributed by atoms with Crippen LogP contribution in [0.3, 0.4) is 0 Å². The van der Waals surface area contributed by atoms with Gasteiger partial charge in [-0.05, 0) is 41.8 Å². The molecule has 1 atom stereocenters. The predicted molar refractivity (Wildman–Crippen MR) is 96.2 cm³/mol. The molecule has 0 bridgehead atoms. The van der Waals surface area contributed by atoms with Crippen molar-refractivity contribution in [1.82, 2.24) is 15.6 Å². The van der Waals surface area contributed by atoms with Crippen LogP contribution in [0.4, 0.5) is 4.39 Å². The molecule has 5 nitrogen and oxygen atoms in total. The standard InChI is InChI=1S/C20H18FN3O2/c21-13-5-6-17-16(9-13)12(11-23-17)7-8-22-19(25)10-18-14-3-1-2-4-15(14)20(26)24-18/h1-6,9,11,18,23H,7-8,10H2,(H,22,25)(H,24,26)/t18-/m1/s1. The maximum Gasteiger partial charge on any atom is 0.252 e. The first kappa shape index (κ1) is 16.3. The number of nitrogens with one attached hydrogen (secondary N) is 3. The highest BCUT2D eigenvalue weighted by Gasteiger charge is 2.29. The highest BCUT2D eigenvalue weighted by Crippen LogP contribution is 2.27. The number of aromatic nitrogens is 1. The minimum atomic E-state index is -0.291.